The molecule has 0 bridgehead atoms. The summed E-state index contributed by atoms with van der Waals surface area (Å²) in [4.78, 5) is 29.5. The number of benzene rings is 1. The summed E-state index contributed by atoms with van der Waals surface area (Å²) in [6.45, 7) is 5.26. The SMILES string of the molecule is CC(=O)Nc1ccn(C(=O)N2CCN(Cc3cc(N4CCCC4)cc(C(F)(F)F)c3)CC2)n1. The van der Waals surface area contributed by atoms with Crippen LogP contribution < -0.4 is 10.2 Å². The van der Waals surface area contributed by atoms with Gasteiger partial charge in [-0.3, -0.25) is 9.69 Å². The Balaban J connectivity index is 1.39. The lowest BCUT2D eigenvalue weighted by molar-refractivity contribution is -0.137. The van der Waals surface area contributed by atoms with Gasteiger partial charge in [0.1, 0.15) is 0 Å². The van der Waals surface area contributed by atoms with Crippen molar-refractivity contribution in [2.75, 3.05) is 49.5 Å². The highest BCUT2D eigenvalue weighted by Gasteiger charge is 2.32. The van der Waals surface area contributed by atoms with Crippen LogP contribution in [0.2, 0.25) is 0 Å². The first-order valence-corrected chi connectivity index (χ1v) is 11.0. The molecule has 1 aromatic carbocycles. The second kappa shape index (κ2) is 9.42. The van der Waals surface area contributed by atoms with Crippen LogP contribution in [0.15, 0.2) is 30.5 Å². The summed E-state index contributed by atoms with van der Waals surface area (Å²) in [6.07, 6.45) is -0.924. The Hall–Kier alpha value is -3.08. The Morgan fingerprint density at radius 2 is 1.73 bits per heavy atom. The van der Waals surface area contributed by atoms with Crippen molar-refractivity contribution in [1.82, 2.24) is 19.6 Å². The largest absolute Gasteiger partial charge is 0.416 e. The highest BCUT2D eigenvalue weighted by atomic mass is 19.4. The quantitative estimate of drug-likeness (QED) is 0.752. The van der Waals surface area contributed by atoms with Gasteiger partial charge in [-0.25, -0.2) is 4.79 Å². The lowest BCUT2D eigenvalue weighted by atomic mass is 10.1. The van der Waals surface area contributed by atoms with E-state index in [4.69, 9.17) is 0 Å². The summed E-state index contributed by atoms with van der Waals surface area (Å²) < 4.78 is 41.6. The van der Waals surface area contributed by atoms with Crippen molar-refractivity contribution in [2.45, 2.75) is 32.5 Å². The molecule has 2 aliphatic rings. The molecule has 0 atom stereocenters. The molecule has 0 radical (unpaired) electrons. The molecule has 8 nitrogen and oxygen atoms in total. The van der Waals surface area contributed by atoms with Gasteiger partial charge in [-0.2, -0.15) is 17.9 Å². The third-order valence-electron chi connectivity index (χ3n) is 5.91. The average molecular weight is 464 g/mol. The second-order valence-electron chi connectivity index (χ2n) is 8.45. The minimum absolute atomic E-state index is 0.274. The third-order valence-corrected chi connectivity index (χ3v) is 5.91. The molecule has 0 unspecified atom stereocenters. The molecule has 2 aromatic rings. The lowest BCUT2D eigenvalue weighted by Crippen LogP contribution is -2.49. The standard InChI is InChI=1S/C22H27F3N6O2/c1-16(32)26-20-4-7-31(27-20)21(33)30-10-8-28(9-11-30)15-17-12-18(22(23,24)25)14-19(13-17)29-5-2-3-6-29/h4,7,12-14H,2-3,5-6,8-11,15H2,1H3,(H,26,27,32). The van der Waals surface area contributed by atoms with E-state index in [1.165, 1.54) is 29.9 Å². The molecule has 1 aromatic heterocycles. The highest BCUT2D eigenvalue weighted by molar-refractivity contribution is 5.88. The van der Waals surface area contributed by atoms with Crippen molar-refractivity contribution in [1.29, 1.82) is 0 Å². The fourth-order valence-corrected chi connectivity index (χ4v) is 4.26. The van der Waals surface area contributed by atoms with E-state index < -0.39 is 11.7 Å². The van der Waals surface area contributed by atoms with E-state index in [1.54, 1.807) is 11.0 Å². The molecular weight excluding hydrogens is 437 g/mol. The summed E-state index contributed by atoms with van der Waals surface area (Å²) in [5.41, 5.74) is 0.627. The van der Waals surface area contributed by atoms with Crippen molar-refractivity contribution in [3.8, 4) is 0 Å². The molecule has 178 valence electrons. The number of amides is 2. The van der Waals surface area contributed by atoms with E-state index in [0.717, 1.165) is 25.9 Å². The molecule has 33 heavy (non-hydrogen) atoms. The summed E-state index contributed by atoms with van der Waals surface area (Å²) in [5, 5.41) is 6.58. The number of hydrogen-bond acceptors (Lipinski definition) is 5. The number of hydrogen-bond donors (Lipinski definition) is 1. The van der Waals surface area contributed by atoms with Gasteiger partial charge in [-0.1, -0.05) is 0 Å². The Morgan fingerprint density at radius 3 is 2.36 bits per heavy atom. The van der Waals surface area contributed by atoms with Gasteiger partial charge in [0.05, 0.1) is 5.56 Å². The van der Waals surface area contributed by atoms with Crippen molar-refractivity contribution in [3.05, 3.63) is 41.6 Å². The first-order valence-electron chi connectivity index (χ1n) is 11.0. The van der Waals surface area contributed by atoms with Gasteiger partial charge in [-0.05, 0) is 36.6 Å². The van der Waals surface area contributed by atoms with E-state index in [1.807, 2.05) is 11.0 Å². The summed E-state index contributed by atoms with van der Waals surface area (Å²) >= 11 is 0. The molecular formula is C22H27F3N6O2. The Morgan fingerprint density at radius 1 is 1.03 bits per heavy atom. The van der Waals surface area contributed by atoms with Gasteiger partial charge in [0.2, 0.25) is 5.91 Å². The predicted octanol–water partition coefficient (Wildman–Crippen LogP) is 3.25. The Kier molecular flexibility index (Phi) is 6.59. The number of anilines is 2. The molecule has 11 heteroatoms. The fourth-order valence-electron chi connectivity index (χ4n) is 4.26. The Labute approximate surface area is 189 Å². The topological polar surface area (TPSA) is 73.7 Å². The van der Waals surface area contributed by atoms with Crippen LogP contribution in [0.4, 0.5) is 29.5 Å². The zero-order valence-electron chi connectivity index (χ0n) is 18.4. The number of carbonyl (C=O) groups is 2. The van der Waals surface area contributed by atoms with Gasteiger partial charge in [-0.15, -0.1) is 5.10 Å². The van der Waals surface area contributed by atoms with Crippen LogP contribution in [0.3, 0.4) is 0 Å². The lowest BCUT2D eigenvalue weighted by Gasteiger charge is -2.34. The van der Waals surface area contributed by atoms with Crippen molar-refractivity contribution in [3.63, 3.8) is 0 Å². The molecule has 2 aliphatic heterocycles. The molecule has 0 saturated carbocycles. The molecule has 2 fully saturated rings. The monoisotopic (exact) mass is 464 g/mol. The molecule has 2 amide bonds. The minimum Gasteiger partial charge on any atom is -0.372 e. The van der Waals surface area contributed by atoms with Crippen molar-refractivity contribution in [2.24, 2.45) is 0 Å². The van der Waals surface area contributed by atoms with E-state index >= 15 is 0 Å². The first-order chi connectivity index (χ1) is 15.7. The molecule has 2 saturated heterocycles. The molecule has 3 heterocycles. The van der Waals surface area contributed by atoms with Crippen LogP contribution in [0.1, 0.15) is 30.9 Å². The van der Waals surface area contributed by atoms with Gasteiger partial charge >= 0.3 is 12.2 Å². The number of carbonyl (C=O) groups excluding carboxylic acids is 2. The van der Waals surface area contributed by atoms with E-state index in [-0.39, 0.29) is 11.9 Å². The van der Waals surface area contributed by atoms with E-state index in [2.05, 4.69) is 15.3 Å². The predicted molar refractivity (Wildman–Crippen MR) is 117 cm³/mol. The minimum atomic E-state index is -4.39. The van der Waals surface area contributed by atoms with Crippen LogP contribution in [-0.2, 0) is 17.5 Å². The third kappa shape index (κ3) is 5.65. The van der Waals surface area contributed by atoms with Crippen LogP contribution in [0, 0.1) is 0 Å². The highest BCUT2D eigenvalue weighted by Crippen LogP contribution is 2.34. The van der Waals surface area contributed by atoms with Gasteiger partial charge in [0.25, 0.3) is 0 Å². The number of nitrogens with one attached hydrogen (secondary N) is 1. The van der Waals surface area contributed by atoms with E-state index in [0.29, 0.717) is 49.8 Å². The summed E-state index contributed by atoms with van der Waals surface area (Å²) in [5.74, 6) is 0.0247. The maximum atomic E-state index is 13.5. The van der Waals surface area contributed by atoms with Crippen LogP contribution >= 0.6 is 0 Å². The summed E-state index contributed by atoms with van der Waals surface area (Å²) in [6, 6.07) is 5.56. The second-order valence-corrected chi connectivity index (χ2v) is 8.45. The zero-order valence-corrected chi connectivity index (χ0v) is 18.4. The number of rotatable bonds is 4. The molecule has 4 rings (SSSR count). The number of halogens is 3. The normalized spacial score (nSPS) is 17.5. The molecule has 0 aliphatic carbocycles. The van der Waals surface area contributed by atoms with Gasteiger partial charge < -0.3 is 15.1 Å². The maximum absolute atomic E-state index is 13.5. The zero-order chi connectivity index (χ0) is 23.6. The van der Waals surface area contributed by atoms with Crippen molar-refractivity contribution >= 4 is 23.4 Å². The van der Waals surface area contributed by atoms with Crippen LogP contribution in [0.5, 0.6) is 0 Å². The van der Waals surface area contributed by atoms with Crippen LogP contribution in [-0.4, -0.2) is 70.8 Å². The number of piperazine rings is 1. The average Bonchev–Trinajstić information content (AvgIpc) is 3.45. The smallest absolute Gasteiger partial charge is 0.372 e. The Bertz CT molecular complexity index is 1010. The number of aromatic nitrogens is 2. The van der Waals surface area contributed by atoms with Gasteiger partial charge in [0, 0.05) is 70.7 Å². The fraction of sp³-hybridized carbons (Fsp3) is 0.500. The van der Waals surface area contributed by atoms with Crippen LogP contribution in [0.25, 0.3) is 0 Å². The number of alkyl halides is 3. The van der Waals surface area contributed by atoms with E-state index in [9.17, 15) is 22.8 Å². The maximum Gasteiger partial charge on any atom is 0.416 e. The number of nitrogens with zero attached hydrogens (tertiary/aromatic N) is 5. The molecule has 1 N–H and O–H groups in total. The summed E-state index contributed by atoms with van der Waals surface area (Å²) in [7, 11) is 0. The first kappa shape index (κ1) is 23.1. The molecule has 0 spiro atoms. The van der Waals surface area contributed by atoms with Gasteiger partial charge in [0.15, 0.2) is 5.82 Å². The van der Waals surface area contributed by atoms with Crippen molar-refractivity contribution < 1.29 is 22.8 Å².